The minimum absolute atomic E-state index is 0.274. The van der Waals surface area contributed by atoms with Gasteiger partial charge >= 0.3 is 0 Å². The molecule has 3 atom stereocenters. The molecule has 35 heavy (non-hydrogen) atoms. The number of imide groups is 1. The van der Waals surface area contributed by atoms with Crippen LogP contribution in [0.4, 0.5) is 0 Å². The van der Waals surface area contributed by atoms with E-state index in [0.29, 0.717) is 17.7 Å². The van der Waals surface area contributed by atoms with Crippen molar-refractivity contribution in [1.82, 2.24) is 4.90 Å². The zero-order valence-electron chi connectivity index (χ0n) is 19.6. The van der Waals surface area contributed by atoms with Crippen LogP contribution in [-0.4, -0.2) is 23.3 Å². The van der Waals surface area contributed by atoms with Gasteiger partial charge in [-0.05, 0) is 35.7 Å². The molecule has 1 aliphatic rings. The number of nitrogens with zero attached hydrogens (tertiary/aromatic N) is 1. The van der Waals surface area contributed by atoms with Crippen molar-refractivity contribution in [3.8, 4) is 0 Å². The summed E-state index contributed by atoms with van der Waals surface area (Å²) in [6.45, 7) is 2.46. The van der Waals surface area contributed by atoms with E-state index >= 15 is 0 Å². The fraction of sp³-hybridized carbons (Fsp3) is 0.161. The van der Waals surface area contributed by atoms with Crippen molar-refractivity contribution in [2.75, 3.05) is 6.61 Å². The van der Waals surface area contributed by atoms with Gasteiger partial charge < -0.3 is 4.74 Å². The van der Waals surface area contributed by atoms with Crippen LogP contribution in [0.5, 0.6) is 0 Å². The van der Waals surface area contributed by atoms with Crippen molar-refractivity contribution < 1.29 is 14.3 Å². The Morgan fingerprint density at radius 2 is 1.03 bits per heavy atom. The van der Waals surface area contributed by atoms with Crippen molar-refractivity contribution in [2.45, 2.75) is 25.0 Å². The standard InChI is InChI=1S/C31H27NO3/c1-2-35-29(24-18-10-5-11-19-24)27(22-14-6-3-7-15-22)28(23-16-8-4-9-17-23)32-30(33)25-20-12-13-21-26(25)31(32)34/h3-21,27-29H,2H2,1H3/t27-,28+,29-/m1/s1. The van der Waals surface area contributed by atoms with Gasteiger partial charge in [-0.15, -0.1) is 0 Å². The number of benzene rings is 4. The number of hydrogen-bond acceptors (Lipinski definition) is 3. The third-order valence-electron chi connectivity index (χ3n) is 6.57. The zero-order valence-corrected chi connectivity index (χ0v) is 19.6. The molecule has 4 nitrogen and oxygen atoms in total. The van der Waals surface area contributed by atoms with Gasteiger partial charge in [0, 0.05) is 12.5 Å². The average molecular weight is 462 g/mol. The molecule has 4 aromatic rings. The molecule has 174 valence electrons. The smallest absolute Gasteiger partial charge is 0.262 e. The molecular formula is C31H27NO3. The van der Waals surface area contributed by atoms with Crippen LogP contribution in [-0.2, 0) is 4.74 Å². The third kappa shape index (κ3) is 4.29. The third-order valence-corrected chi connectivity index (χ3v) is 6.57. The lowest BCUT2D eigenvalue weighted by Crippen LogP contribution is -2.39. The summed E-state index contributed by atoms with van der Waals surface area (Å²) in [5, 5.41) is 0. The Morgan fingerprint density at radius 1 is 0.600 bits per heavy atom. The van der Waals surface area contributed by atoms with Gasteiger partial charge in [0.15, 0.2) is 0 Å². The van der Waals surface area contributed by atoms with E-state index in [1.165, 1.54) is 4.90 Å². The van der Waals surface area contributed by atoms with E-state index in [1.807, 2.05) is 97.9 Å². The highest BCUT2D eigenvalue weighted by atomic mass is 16.5. The zero-order chi connectivity index (χ0) is 24.2. The van der Waals surface area contributed by atoms with Gasteiger partial charge in [-0.3, -0.25) is 14.5 Å². The molecule has 5 rings (SSSR count). The molecule has 4 heteroatoms. The van der Waals surface area contributed by atoms with Crippen molar-refractivity contribution in [3.05, 3.63) is 143 Å². The Kier molecular flexibility index (Phi) is 6.55. The molecule has 0 radical (unpaired) electrons. The first-order chi connectivity index (χ1) is 17.2. The van der Waals surface area contributed by atoms with Crippen LogP contribution >= 0.6 is 0 Å². The lowest BCUT2D eigenvalue weighted by molar-refractivity contribution is 0.0126. The molecule has 1 heterocycles. The maximum absolute atomic E-state index is 13.7. The topological polar surface area (TPSA) is 46.6 Å². The number of amides is 2. The van der Waals surface area contributed by atoms with Gasteiger partial charge in [-0.25, -0.2) is 0 Å². The number of carbonyl (C=O) groups is 2. The minimum atomic E-state index is -0.567. The Labute approximate surface area is 205 Å². The summed E-state index contributed by atoms with van der Waals surface area (Å²) in [5.74, 6) is -0.879. The first-order valence-corrected chi connectivity index (χ1v) is 11.9. The predicted molar refractivity (Wildman–Crippen MR) is 136 cm³/mol. The van der Waals surface area contributed by atoms with E-state index in [1.54, 1.807) is 24.3 Å². The highest BCUT2D eigenvalue weighted by molar-refractivity contribution is 6.21. The fourth-order valence-corrected chi connectivity index (χ4v) is 5.06. The van der Waals surface area contributed by atoms with Crippen LogP contribution < -0.4 is 0 Å². The summed E-state index contributed by atoms with van der Waals surface area (Å²) < 4.78 is 6.40. The highest BCUT2D eigenvalue weighted by Crippen LogP contribution is 2.48. The summed E-state index contributed by atoms with van der Waals surface area (Å²) in [4.78, 5) is 28.9. The second kappa shape index (κ2) is 10.1. The summed E-state index contributed by atoms with van der Waals surface area (Å²) in [6, 6.07) is 36.4. The lowest BCUT2D eigenvalue weighted by Gasteiger charge is -2.38. The Balaban J connectivity index is 1.73. The molecule has 0 saturated carbocycles. The summed E-state index contributed by atoms with van der Waals surface area (Å²) >= 11 is 0. The van der Waals surface area contributed by atoms with Crippen LogP contribution in [0.15, 0.2) is 115 Å². The minimum Gasteiger partial charge on any atom is -0.373 e. The van der Waals surface area contributed by atoms with Crippen LogP contribution in [0, 0.1) is 0 Å². The van der Waals surface area contributed by atoms with E-state index < -0.39 is 6.04 Å². The molecule has 0 unspecified atom stereocenters. The molecule has 2 amide bonds. The number of ether oxygens (including phenoxy) is 1. The van der Waals surface area contributed by atoms with Crippen molar-refractivity contribution in [2.24, 2.45) is 0 Å². The molecule has 4 aromatic carbocycles. The number of fused-ring (bicyclic) bond motifs is 1. The van der Waals surface area contributed by atoms with Crippen LogP contribution in [0.25, 0.3) is 0 Å². The molecule has 0 spiro atoms. The van der Waals surface area contributed by atoms with Gasteiger partial charge in [0.1, 0.15) is 0 Å². The van der Waals surface area contributed by atoms with Gasteiger partial charge in [-0.2, -0.15) is 0 Å². The molecular weight excluding hydrogens is 434 g/mol. The van der Waals surface area contributed by atoms with Gasteiger partial charge in [-0.1, -0.05) is 103 Å². The molecule has 0 fully saturated rings. The van der Waals surface area contributed by atoms with E-state index in [-0.39, 0.29) is 23.8 Å². The monoisotopic (exact) mass is 461 g/mol. The van der Waals surface area contributed by atoms with Crippen molar-refractivity contribution in [3.63, 3.8) is 0 Å². The molecule has 1 aliphatic heterocycles. The van der Waals surface area contributed by atoms with E-state index in [0.717, 1.165) is 16.7 Å². The number of carbonyl (C=O) groups excluding carboxylic acids is 2. The predicted octanol–water partition coefficient (Wildman–Crippen LogP) is 6.59. The largest absolute Gasteiger partial charge is 0.373 e. The van der Waals surface area contributed by atoms with Crippen molar-refractivity contribution in [1.29, 1.82) is 0 Å². The first kappa shape index (κ1) is 22.8. The van der Waals surface area contributed by atoms with E-state index in [9.17, 15) is 9.59 Å². The Bertz CT molecular complexity index is 1270. The number of rotatable bonds is 8. The lowest BCUT2D eigenvalue weighted by atomic mass is 9.79. The normalized spacial score (nSPS) is 15.5. The highest BCUT2D eigenvalue weighted by Gasteiger charge is 2.46. The fourth-order valence-electron chi connectivity index (χ4n) is 5.06. The van der Waals surface area contributed by atoms with Crippen LogP contribution in [0.2, 0.25) is 0 Å². The Morgan fingerprint density at radius 3 is 1.51 bits per heavy atom. The summed E-state index contributed by atoms with van der Waals surface area (Å²) in [5.41, 5.74) is 3.77. The molecule has 0 aromatic heterocycles. The maximum atomic E-state index is 13.7. The number of hydrogen-bond donors (Lipinski definition) is 0. The SMILES string of the molecule is CCO[C@H](c1ccccc1)[C@H](c1ccccc1)[C@H](c1ccccc1)N1C(=O)c2ccccc2C1=O. The van der Waals surface area contributed by atoms with E-state index in [4.69, 9.17) is 4.74 Å². The Hall–Kier alpha value is -4.02. The molecule has 0 N–H and O–H groups in total. The van der Waals surface area contributed by atoms with Crippen LogP contribution in [0.1, 0.15) is 62.4 Å². The van der Waals surface area contributed by atoms with Crippen molar-refractivity contribution >= 4 is 11.8 Å². The second-order valence-corrected chi connectivity index (χ2v) is 8.60. The maximum Gasteiger partial charge on any atom is 0.262 e. The molecule has 0 saturated heterocycles. The van der Waals surface area contributed by atoms with Crippen LogP contribution in [0.3, 0.4) is 0 Å². The van der Waals surface area contributed by atoms with Gasteiger partial charge in [0.25, 0.3) is 11.8 Å². The average Bonchev–Trinajstić information content (AvgIpc) is 3.17. The molecule has 0 bridgehead atoms. The quantitative estimate of drug-likeness (QED) is 0.278. The second-order valence-electron chi connectivity index (χ2n) is 8.60. The first-order valence-electron chi connectivity index (χ1n) is 11.9. The molecule has 0 aliphatic carbocycles. The summed E-state index contributed by atoms with van der Waals surface area (Å²) in [7, 11) is 0. The van der Waals surface area contributed by atoms with Gasteiger partial charge in [0.2, 0.25) is 0 Å². The van der Waals surface area contributed by atoms with E-state index in [2.05, 4.69) is 0 Å². The van der Waals surface area contributed by atoms with Gasteiger partial charge in [0.05, 0.1) is 23.3 Å². The summed E-state index contributed by atoms with van der Waals surface area (Å²) in [6.07, 6.45) is -0.377.